The third-order valence-electron chi connectivity index (χ3n) is 2.70. The molecule has 0 bridgehead atoms. The zero-order chi connectivity index (χ0) is 10.8. The molecule has 0 aliphatic rings. The molecule has 0 radical (unpaired) electrons. The standard InChI is InChI=1S/C11H25NO2/c1-4-11(5-2)10(3)12-6-8-14-9-7-13/h10-13H,4-9H2,1-3H3. The average molecular weight is 203 g/mol. The first-order chi connectivity index (χ1) is 6.76. The minimum absolute atomic E-state index is 0.113. The first-order valence-electron chi connectivity index (χ1n) is 5.68. The van der Waals surface area contributed by atoms with E-state index in [0.29, 0.717) is 19.3 Å². The normalized spacial score (nSPS) is 13.5. The molecular weight excluding hydrogens is 178 g/mol. The van der Waals surface area contributed by atoms with Gasteiger partial charge in [-0.05, 0) is 12.8 Å². The second-order valence-corrected chi connectivity index (χ2v) is 3.66. The van der Waals surface area contributed by atoms with E-state index in [-0.39, 0.29) is 6.61 Å². The molecule has 0 aromatic rings. The number of nitrogens with one attached hydrogen (secondary N) is 1. The lowest BCUT2D eigenvalue weighted by molar-refractivity contribution is 0.0916. The molecule has 0 heterocycles. The Labute approximate surface area is 87.8 Å². The maximum atomic E-state index is 8.49. The van der Waals surface area contributed by atoms with Gasteiger partial charge in [0.2, 0.25) is 0 Å². The molecule has 2 N–H and O–H groups in total. The van der Waals surface area contributed by atoms with Crippen molar-refractivity contribution < 1.29 is 9.84 Å². The van der Waals surface area contributed by atoms with Crippen molar-refractivity contribution >= 4 is 0 Å². The highest BCUT2D eigenvalue weighted by molar-refractivity contribution is 4.69. The molecule has 1 atom stereocenters. The molecule has 0 aromatic carbocycles. The highest BCUT2D eigenvalue weighted by Crippen LogP contribution is 2.11. The van der Waals surface area contributed by atoms with Crippen molar-refractivity contribution in [3.8, 4) is 0 Å². The lowest BCUT2D eigenvalue weighted by atomic mass is 9.96. The van der Waals surface area contributed by atoms with E-state index in [1.807, 2.05) is 0 Å². The lowest BCUT2D eigenvalue weighted by Gasteiger charge is -2.22. The summed E-state index contributed by atoms with van der Waals surface area (Å²) in [4.78, 5) is 0. The molecule has 0 aliphatic heterocycles. The summed E-state index contributed by atoms with van der Waals surface area (Å²) < 4.78 is 5.17. The fourth-order valence-corrected chi connectivity index (χ4v) is 1.69. The fraction of sp³-hybridized carbons (Fsp3) is 1.00. The van der Waals surface area contributed by atoms with E-state index in [4.69, 9.17) is 9.84 Å². The maximum absolute atomic E-state index is 8.49. The van der Waals surface area contributed by atoms with E-state index < -0.39 is 0 Å². The molecule has 0 spiro atoms. The van der Waals surface area contributed by atoms with Gasteiger partial charge in [0.25, 0.3) is 0 Å². The Morgan fingerprint density at radius 2 is 1.86 bits per heavy atom. The van der Waals surface area contributed by atoms with Gasteiger partial charge in [0.15, 0.2) is 0 Å². The second kappa shape index (κ2) is 9.44. The Morgan fingerprint density at radius 1 is 1.21 bits per heavy atom. The van der Waals surface area contributed by atoms with Gasteiger partial charge in [-0.1, -0.05) is 26.7 Å². The van der Waals surface area contributed by atoms with Crippen molar-refractivity contribution in [1.29, 1.82) is 0 Å². The van der Waals surface area contributed by atoms with Crippen molar-refractivity contribution in [2.75, 3.05) is 26.4 Å². The van der Waals surface area contributed by atoms with Crippen LogP contribution in [0.2, 0.25) is 0 Å². The number of hydrogen-bond donors (Lipinski definition) is 2. The molecule has 0 saturated heterocycles. The van der Waals surface area contributed by atoms with E-state index in [1.54, 1.807) is 0 Å². The fourth-order valence-electron chi connectivity index (χ4n) is 1.69. The second-order valence-electron chi connectivity index (χ2n) is 3.66. The van der Waals surface area contributed by atoms with Crippen LogP contribution >= 0.6 is 0 Å². The molecule has 0 aromatic heterocycles. The Bertz CT molecular complexity index is 116. The minimum Gasteiger partial charge on any atom is -0.394 e. The quantitative estimate of drug-likeness (QED) is 0.557. The van der Waals surface area contributed by atoms with Crippen LogP contribution in [-0.2, 0) is 4.74 Å². The van der Waals surface area contributed by atoms with E-state index in [9.17, 15) is 0 Å². The maximum Gasteiger partial charge on any atom is 0.0698 e. The average Bonchev–Trinajstić information content (AvgIpc) is 2.19. The minimum atomic E-state index is 0.113. The van der Waals surface area contributed by atoms with Crippen LogP contribution in [0.4, 0.5) is 0 Å². The van der Waals surface area contributed by atoms with Crippen LogP contribution in [-0.4, -0.2) is 37.5 Å². The van der Waals surface area contributed by atoms with Crippen molar-refractivity contribution in [1.82, 2.24) is 5.32 Å². The third kappa shape index (κ3) is 6.35. The Morgan fingerprint density at radius 3 is 2.36 bits per heavy atom. The van der Waals surface area contributed by atoms with Crippen molar-refractivity contribution in [2.24, 2.45) is 5.92 Å². The summed E-state index contributed by atoms with van der Waals surface area (Å²) in [6.45, 7) is 8.80. The predicted molar refractivity (Wildman–Crippen MR) is 59.4 cm³/mol. The summed E-state index contributed by atoms with van der Waals surface area (Å²) in [5.41, 5.74) is 0. The number of rotatable bonds is 9. The highest BCUT2D eigenvalue weighted by Gasteiger charge is 2.11. The first-order valence-corrected chi connectivity index (χ1v) is 5.68. The van der Waals surface area contributed by atoms with Crippen LogP contribution in [0.5, 0.6) is 0 Å². The van der Waals surface area contributed by atoms with Gasteiger partial charge in [0, 0.05) is 12.6 Å². The summed E-state index contributed by atoms with van der Waals surface area (Å²) in [6.07, 6.45) is 2.45. The largest absolute Gasteiger partial charge is 0.394 e. The topological polar surface area (TPSA) is 41.5 Å². The van der Waals surface area contributed by atoms with Gasteiger partial charge < -0.3 is 15.2 Å². The van der Waals surface area contributed by atoms with E-state index >= 15 is 0 Å². The highest BCUT2D eigenvalue weighted by atomic mass is 16.5. The Kier molecular flexibility index (Phi) is 9.35. The SMILES string of the molecule is CCC(CC)C(C)NCCOCCO. The molecule has 14 heavy (non-hydrogen) atoms. The molecule has 0 fully saturated rings. The first kappa shape index (κ1) is 13.9. The summed E-state index contributed by atoms with van der Waals surface area (Å²) in [6, 6.07) is 0.558. The lowest BCUT2D eigenvalue weighted by Crippen LogP contribution is -2.35. The van der Waals surface area contributed by atoms with E-state index in [0.717, 1.165) is 12.5 Å². The molecular formula is C11H25NO2. The zero-order valence-corrected chi connectivity index (χ0v) is 9.75. The van der Waals surface area contributed by atoms with Gasteiger partial charge in [-0.25, -0.2) is 0 Å². The summed E-state index contributed by atoms with van der Waals surface area (Å²) >= 11 is 0. The predicted octanol–water partition coefficient (Wildman–Crippen LogP) is 1.41. The third-order valence-corrected chi connectivity index (χ3v) is 2.70. The monoisotopic (exact) mass is 203 g/mol. The Balaban J connectivity index is 3.37. The number of hydrogen-bond acceptors (Lipinski definition) is 3. The van der Waals surface area contributed by atoms with Crippen molar-refractivity contribution in [2.45, 2.75) is 39.7 Å². The number of ether oxygens (including phenoxy) is 1. The summed E-state index contributed by atoms with van der Waals surface area (Å²) in [7, 11) is 0. The van der Waals surface area contributed by atoms with E-state index in [1.165, 1.54) is 12.8 Å². The molecule has 1 unspecified atom stereocenters. The molecule has 0 saturated carbocycles. The zero-order valence-electron chi connectivity index (χ0n) is 9.75. The molecule has 0 rings (SSSR count). The van der Waals surface area contributed by atoms with E-state index in [2.05, 4.69) is 26.1 Å². The van der Waals surface area contributed by atoms with Crippen LogP contribution in [0.3, 0.4) is 0 Å². The van der Waals surface area contributed by atoms with Gasteiger partial charge in [-0.3, -0.25) is 0 Å². The van der Waals surface area contributed by atoms with Gasteiger partial charge >= 0.3 is 0 Å². The van der Waals surface area contributed by atoms with Gasteiger partial charge in [0.1, 0.15) is 0 Å². The van der Waals surface area contributed by atoms with Gasteiger partial charge in [-0.15, -0.1) is 0 Å². The van der Waals surface area contributed by atoms with Crippen LogP contribution in [0.1, 0.15) is 33.6 Å². The van der Waals surface area contributed by atoms with Crippen LogP contribution in [0.15, 0.2) is 0 Å². The van der Waals surface area contributed by atoms with Gasteiger partial charge in [-0.2, -0.15) is 0 Å². The summed E-state index contributed by atoms with van der Waals surface area (Å²) in [5.74, 6) is 0.757. The number of aliphatic hydroxyl groups excluding tert-OH is 1. The van der Waals surface area contributed by atoms with Gasteiger partial charge in [0.05, 0.1) is 19.8 Å². The smallest absolute Gasteiger partial charge is 0.0698 e. The molecule has 0 aliphatic carbocycles. The summed E-state index contributed by atoms with van der Waals surface area (Å²) in [5, 5.41) is 11.9. The molecule has 3 heteroatoms. The Hall–Kier alpha value is -0.120. The molecule has 0 amide bonds. The van der Waals surface area contributed by atoms with Crippen molar-refractivity contribution in [3.05, 3.63) is 0 Å². The number of aliphatic hydroxyl groups is 1. The molecule has 86 valence electrons. The van der Waals surface area contributed by atoms with Crippen LogP contribution < -0.4 is 5.32 Å². The van der Waals surface area contributed by atoms with Crippen molar-refractivity contribution in [3.63, 3.8) is 0 Å². The molecule has 3 nitrogen and oxygen atoms in total. The van der Waals surface area contributed by atoms with Crippen LogP contribution in [0.25, 0.3) is 0 Å². The van der Waals surface area contributed by atoms with Crippen LogP contribution in [0, 0.1) is 5.92 Å².